The van der Waals surface area contributed by atoms with Gasteiger partial charge in [0.25, 0.3) is 5.91 Å². The van der Waals surface area contributed by atoms with E-state index in [0.29, 0.717) is 22.2 Å². The van der Waals surface area contributed by atoms with Crippen molar-refractivity contribution in [2.24, 2.45) is 0 Å². The van der Waals surface area contributed by atoms with Crippen molar-refractivity contribution in [3.8, 4) is 5.75 Å². The van der Waals surface area contributed by atoms with E-state index >= 15 is 0 Å². The van der Waals surface area contributed by atoms with Gasteiger partial charge in [-0.05, 0) is 43.3 Å². The molecule has 0 saturated carbocycles. The summed E-state index contributed by atoms with van der Waals surface area (Å²) < 4.78 is 10.2. The van der Waals surface area contributed by atoms with E-state index < -0.39 is 17.8 Å². The molecular weight excluding hydrogens is 360 g/mol. The standard InChI is InChI=1S/C21H18N2O5/c1-3-27-21(26)14-8-10-15(11-9-14)23-20(25)17-12-22-18-7-5-4-6-16(18)19(17)28-13(2)24/h4-12H,3H2,1-2H3,(H,23,25). The van der Waals surface area contributed by atoms with Crippen LogP contribution < -0.4 is 10.1 Å². The van der Waals surface area contributed by atoms with Crippen molar-refractivity contribution in [1.29, 1.82) is 0 Å². The third-order valence-corrected chi connectivity index (χ3v) is 3.87. The van der Waals surface area contributed by atoms with Crippen molar-refractivity contribution in [3.63, 3.8) is 0 Å². The van der Waals surface area contributed by atoms with Crippen molar-refractivity contribution < 1.29 is 23.9 Å². The molecule has 1 amide bonds. The van der Waals surface area contributed by atoms with Crippen molar-refractivity contribution in [1.82, 2.24) is 4.98 Å². The number of nitrogens with one attached hydrogen (secondary N) is 1. The highest BCUT2D eigenvalue weighted by atomic mass is 16.5. The summed E-state index contributed by atoms with van der Waals surface area (Å²) in [4.78, 5) is 40.2. The van der Waals surface area contributed by atoms with Crippen LogP contribution in [0.3, 0.4) is 0 Å². The normalized spacial score (nSPS) is 10.4. The van der Waals surface area contributed by atoms with E-state index in [1.807, 2.05) is 0 Å². The minimum absolute atomic E-state index is 0.128. The first kappa shape index (κ1) is 19.0. The van der Waals surface area contributed by atoms with Crippen LogP contribution in [-0.2, 0) is 9.53 Å². The van der Waals surface area contributed by atoms with Crippen molar-refractivity contribution in [2.75, 3.05) is 11.9 Å². The Hall–Kier alpha value is -3.74. The molecule has 0 aliphatic carbocycles. The Balaban J connectivity index is 1.89. The minimum Gasteiger partial charge on any atom is -0.462 e. The molecule has 0 saturated heterocycles. The summed E-state index contributed by atoms with van der Waals surface area (Å²) in [5.41, 5.74) is 1.59. The van der Waals surface area contributed by atoms with Crippen LogP contribution in [0.1, 0.15) is 34.6 Å². The first-order chi connectivity index (χ1) is 13.5. The van der Waals surface area contributed by atoms with E-state index in [4.69, 9.17) is 9.47 Å². The number of ether oxygens (including phenoxy) is 2. The van der Waals surface area contributed by atoms with E-state index in [1.165, 1.54) is 13.1 Å². The van der Waals surface area contributed by atoms with Crippen LogP contribution in [0.5, 0.6) is 5.75 Å². The molecule has 0 radical (unpaired) electrons. The van der Waals surface area contributed by atoms with Crippen LogP contribution in [0.4, 0.5) is 5.69 Å². The van der Waals surface area contributed by atoms with Gasteiger partial charge in [0, 0.05) is 24.2 Å². The first-order valence-electron chi connectivity index (χ1n) is 8.64. The zero-order valence-electron chi connectivity index (χ0n) is 15.4. The second-order valence-corrected chi connectivity index (χ2v) is 5.86. The smallest absolute Gasteiger partial charge is 0.338 e. The molecule has 1 N–H and O–H groups in total. The average Bonchev–Trinajstić information content (AvgIpc) is 2.68. The summed E-state index contributed by atoms with van der Waals surface area (Å²) in [6, 6.07) is 13.3. The number of hydrogen-bond acceptors (Lipinski definition) is 6. The van der Waals surface area contributed by atoms with Crippen LogP contribution in [0.2, 0.25) is 0 Å². The van der Waals surface area contributed by atoms with Gasteiger partial charge in [0.05, 0.1) is 17.7 Å². The van der Waals surface area contributed by atoms with E-state index in [9.17, 15) is 14.4 Å². The Labute approximate surface area is 161 Å². The Kier molecular flexibility index (Phi) is 5.64. The van der Waals surface area contributed by atoms with Crippen LogP contribution in [-0.4, -0.2) is 29.4 Å². The van der Waals surface area contributed by atoms with Gasteiger partial charge in [0.2, 0.25) is 0 Å². The summed E-state index contributed by atoms with van der Waals surface area (Å²) in [5, 5.41) is 3.27. The molecule has 0 bridgehead atoms. The molecule has 142 valence electrons. The third kappa shape index (κ3) is 4.15. The molecule has 0 fully saturated rings. The van der Waals surface area contributed by atoms with Crippen LogP contribution in [0.15, 0.2) is 54.7 Å². The van der Waals surface area contributed by atoms with Crippen molar-refractivity contribution in [3.05, 3.63) is 65.9 Å². The molecule has 0 aliphatic rings. The number of fused-ring (bicyclic) bond motifs is 1. The lowest BCUT2D eigenvalue weighted by Gasteiger charge is -2.12. The Morgan fingerprint density at radius 1 is 1.04 bits per heavy atom. The number of carbonyl (C=O) groups excluding carboxylic acids is 3. The maximum Gasteiger partial charge on any atom is 0.338 e. The number of esters is 2. The second-order valence-electron chi connectivity index (χ2n) is 5.86. The number of aromatic nitrogens is 1. The van der Waals surface area contributed by atoms with Gasteiger partial charge in [-0.25, -0.2) is 4.79 Å². The fraction of sp³-hybridized carbons (Fsp3) is 0.143. The summed E-state index contributed by atoms with van der Waals surface area (Å²) >= 11 is 0. The quantitative estimate of drug-likeness (QED) is 0.682. The van der Waals surface area contributed by atoms with Crippen molar-refractivity contribution >= 4 is 34.4 Å². The summed E-state index contributed by atoms with van der Waals surface area (Å²) in [5.74, 6) is -1.31. The molecule has 28 heavy (non-hydrogen) atoms. The molecule has 3 aromatic rings. The summed E-state index contributed by atoms with van der Waals surface area (Å²) in [6.07, 6.45) is 1.36. The molecular formula is C21H18N2O5. The summed E-state index contributed by atoms with van der Waals surface area (Å²) in [6.45, 7) is 3.28. The monoisotopic (exact) mass is 378 g/mol. The molecule has 2 aromatic carbocycles. The number of amides is 1. The number of pyridine rings is 1. The maximum atomic E-state index is 12.7. The topological polar surface area (TPSA) is 94.6 Å². The van der Waals surface area contributed by atoms with Crippen LogP contribution >= 0.6 is 0 Å². The predicted molar refractivity (Wildman–Crippen MR) is 103 cm³/mol. The van der Waals surface area contributed by atoms with Crippen molar-refractivity contribution in [2.45, 2.75) is 13.8 Å². The number of benzene rings is 2. The second kappa shape index (κ2) is 8.30. The third-order valence-electron chi connectivity index (χ3n) is 3.87. The lowest BCUT2D eigenvalue weighted by atomic mass is 10.1. The molecule has 3 rings (SSSR count). The fourth-order valence-corrected chi connectivity index (χ4v) is 2.63. The fourth-order valence-electron chi connectivity index (χ4n) is 2.63. The number of carbonyl (C=O) groups is 3. The highest BCUT2D eigenvalue weighted by Crippen LogP contribution is 2.29. The van der Waals surface area contributed by atoms with Gasteiger partial charge in [-0.2, -0.15) is 0 Å². The Morgan fingerprint density at radius 2 is 1.75 bits per heavy atom. The first-order valence-corrected chi connectivity index (χ1v) is 8.64. The molecule has 0 atom stereocenters. The molecule has 0 unspecified atom stereocenters. The highest BCUT2D eigenvalue weighted by molar-refractivity contribution is 6.09. The molecule has 1 aromatic heterocycles. The van der Waals surface area contributed by atoms with Gasteiger partial charge in [-0.15, -0.1) is 0 Å². The molecule has 1 heterocycles. The zero-order chi connectivity index (χ0) is 20.1. The summed E-state index contributed by atoms with van der Waals surface area (Å²) in [7, 11) is 0. The van der Waals surface area contributed by atoms with Crippen LogP contribution in [0.25, 0.3) is 10.9 Å². The zero-order valence-corrected chi connectivity index (χ0v) is 15.4. The minimum atomic E-state index is -0.538. The number of nitrogens with zero attached hydrogens (tertiary/aromatic N) is 1. The number of anilines is 1. The number of hydrogen-bond donors (Lipinski definition) is 1. The van der Waals surface area contributed by atoms with Gasteiger partial charge < -0.3 is 14.8 Å². The van der Waals surface area contributed by atoms with Gasteiger partial charge in [0.15, 0.2) is 5.75 Å². The predicted octanol–water partition coefficient (Wildman–Crippen LogP) is 3.59. The maximum absolute atomic E-state index is 12.7. The lowest BCUT2D eigenvalue weighted by molar-refractivity contribution is -0.131. The van der Waals surface area contributed by atoms with E-state index in [2.05, 4.69) is 10.3 Å². The number of para-hydroxylation sites is 1. The molecule has 0 spiro atoms. The van der Waals surface area contributed by atoms with E-state index in [1.54, 1.807) is 55.5 Å². The average molecular weight is 378 g/mol. The Bertz CT molecular complexity index is 1040. The van der Waals surface area contributed by atoms with Gasteiger partial charge in [-0.1, -0.05) is 12.1 Å². The SMILES string of the molecule is CCOC(=O)c1ccc(NC(=O)c2cnc3ccccc3c2OC(C)=O)cc1. The Morgan fingerprint density at radius 3 is 2.43 bits per heavy atom. The van der Waals surface area contributed by atoms with E-state index in [0.717, 1.165) is 0 Å². The molecule has 0 aliphatic heterocycles. The van der Waals surface area contributed by atoms with Gasteiger partial charge >= 0.3 is 11.9 Å². The lowest BCUT2D eigenvalue weighted by Crippen LogP contribution is -2.16. The molecule has 7 heteroatoms. The van der Waals surface area contributed by atoms with Gasteiger partial charge in [0.1, 0.15) is 5.56 Å². The number of rotatable bonds is 5. The van der Waals surface area contributed by atoms with Crippen LogP contribution in [0, 0.1) is 0 Å². The van der Waals surface area contributed by atoms with E-state index in [-0.39, 0.29) is 17.9 Å². The largest absolute Gasteiger partial charge is 0.462 e. The van der Waals surface area contributed by atoms with Gasteiger partial charge in [-0.3, -0.25) is 14.6 Å². The molecule has 7 nitrogen and oxygen atoms in total. The highest BCUT2D eigenvalue weighted by Gasteiger charge is 2.18.